The molecule has 0 spiro atoms. The van der Waals surface area contributed by atoms with Gasteiger partial charge in [-0.2, -0.15) is 0 Å². The smallest absolute Gasteiger partial charge is 0.315 e. The first-order valence-electron chi connectivity index (χ1n) is 4.58. The lowest BCUT2D eigenvalue weighted by molar-refractivity contribution is 0.240. The first kappa shape index (κ1) is 9.32. The second-order valence-electron chi connectivity index (χ2n) is 3.03. The maximum Gasteiger partial charge on any atom is 0.315 e. The van der Waals surface area contributed by atoms with Crippen LogP contribution in [0.2, 0.25) is 0 Å². The topological polar surface area (TPSA) is 53.2 Å². The van der Waals surface area contributed by atoms with Gasteiger partial charge in [0.05, 0.1) is 0 Å². The van der Waals surface area contributed by atoms with Crippen LogP contribution in [0.15, 0.2) is 0 Å². The molecule has 0 saturated heterocycles. The van der Waals surface area contributed by atoms with Crippen molar-refractivity contribution >= 4 is 6.03 Å². The zero-order valence-electron chi connectivity index (χ0n) is 7.52. The number of carbonyl (C=O) groups excluding carboxylic acids is 1. The van der Waals surface area contributed by atoms with Gasteiger partial charge in [0.25, 0.3) is 0 Å². The number of hydrogen-bond acceptors (Lipinski definition) is 2. The third-order valence-electron chi connectivity index (χ3n) is 1.75. The van der Waals surface area contributed by atoms with Gasteiger partial charge in [-0.25, -0.2) is 4.79 Å². The molecule has 70 valence electrons. The molecule has 0 aliphatic heterocycles. The molecule has 0 unspecified atom stereocenters. The van der Waals surface area contributed by atoms with E-state index >= 15 is 0 Å². The van der Waals surface area contributed by atoms with E-state index in [1.807, 2.05) is 6.92 Å². The van der Waals surface area contributed by atoms with E-state index in [2.05, 4.69) is 16.0 Å². The third-order valence-corrected chi connectivity index (χ3v) is 1.75. The Balaban J connectivity index is 1.87. The van der Waals surface area contributed by atoms with Crippen molar-refractivity contribution in [3.05, 3.63) is 0 Å². The fourth-order valence-electron chi connectivity index (χ4n) is 0.905. The molecule has 1 rings (SSSR count). The van der Waals surface area contributed by atoms with Crippen molar-refractivity contribution in [2.45, 2.75) is 25.8 Å². The van der Waals surface area contributed by atoms with Crippen molar-refractivity contribution in [1.29, 1.82) is 0 Å². The summed E-state index contributed by atoms with van der Waals surface area (Å²) in [6, 6.07) is 0.416. The molecular formula is C8H17N3O. The highest BCUT2D eigenvalue weighted by molar-refractivity contribution is 5.74. The lowest BCUT2D eigenvalue weighted by Gasteiger charge is -2.05. The van der Waals surface area contributed by atoms with E-state index in [0.717, 1.165) is 25.9 Å². The maximum atomic E-state index is 11.0. The number of urea groups is 1. The van der Waals surface area contributed by atoms with E-state index in [1.54, 1.807) is 0 Å². The number of hydrogen-bond donors (Lipinski definition) is 3. The van der Waals surface area contributed by atoms with E-state index in [4.69, 9.17) is 0 Å². The molecule has 1 fully saturated rings. The van der Waals surface area contributed by atoms with Crippen molar-refractivity contribution in [2.75, 3.05) is 19.6 Å². The van der Waals surface area contributed by atoms with Crippen LogP contribution in [-0.2, 0) is 0 Å². The molecule has 0 radical (unpaired) electrons. The van der Waals surface area contributed by atoms with Crippen molar-refractivity contribution in [3.63, 3.8) is 0 Å². The van der Waals surface area contributed by atoms with Gasteiger partial charge < -0.3 is 16.0 Å². The molecule has 4 heteroatoms. The summed E-state index contributed by atoms with van der Waals surface area (Å²) < 4.78 is 0. The van der Waals surface area contributed by atoms with Crippen LogP contribution in [0.3, 0.4) is 0 Å². The first-order chi connectivity index (χ1) is 5.83. The van der Waals surface area contributed by atoms with Crippen LogP contribution in [0.4, 0.5) is 4.79 Å². The van der Waals surface area contributed by atoms with Crippen molar-refractivity contribution in [1.82, 2.24) is 16.0 Å². The average molecular weight is 171 g/mol. The minimum absolute atomic E-state index is 0.0320. The highest BCUT2D eigenvalue weighted by atomic mass is 16.2. The molecule has 4 nitrogen and oxygen atoms in total. The van der Waals surface area contributed by atoms with Gasteiger partial charge in [-0.15, -0.1) is 0 Å². The van der Waals surface area contributed by atoms with Gasteiger partial charge in [-0.05, 0) is 19.4 Å². The van der Waals surface area contributed by atoms with Crippen LogP contribution in [0.5, 0.6) is 0 Å². The highest BCUT2D eigenvalue weighted by Gasteiger charge is 2.22. The SMILES string of the molecule is CCNCCNC(=O)NC1CC1. The van der Waals surface area contributed by atoms with Gasteiger partial charge in [-0.3, -0.25) is 0 Å². The molecule has 1 saturated carbocycles. The highest BCUT2D eigenvalue weighted by Crippen LogP contribution is 2.17. The number of amides is 2. The average Bonchev–Trinajstić information content (AvgIpc) is 2.82. The zero-order valence-corrected chi connectivity index (χ0v) is 7.52. The maximum absolute atomic E-state index is 11.0. The third kappa shape index (κ3) is 4.18. The number of nitrogens with one attached hydrogen (secondary N) is 3. The van der Waals surface area contributed by atoms with Crippen LogP contribution >= 0.6 is 0 Å². The Morgan fingerprint density at radius 1 is 1.42 bits per heavy atom. The molecule has 0 bridgehead atoms. The first-order valence-corrected chi connectivity index (χ1v) is 4.58. The predicted molar refractivity (Wildman–Crippen MR) is 48.1 cm³/mol. The summed E-state index contributed by atoms with van der Waals surface area (Å²) >= 11 is 0. The Labute approximate surface area is 73.1 Å². The van der Waals surface area contributed by atoms with Gasteiger partial charge >= 0.3 is 6.03 Å². The van der Waals surface area contributed by atoms with Gasteiger partial charge in [-0.1, -0.05) is 6.92 Å². The lowest BCUT2D eigenvalue weighted by Crippen LogP contribution is -2.40. The van der Waals surface area contributed by atoms with Gasteiger partial charge in [0.15, 0.2) is 0 Å². The Bertz CT molecular complexity index is 145. The van der Waals surface area contributed by atoms with Crippen LogP contribution in [0.25, 0.3) is 0 Å². The summed E-state index contributed by atoms with van der Waals surface area (Å²) in [5.41, 5.74) is 0. The van der Waals surface area contributed by atoms with E-state index in [-0.39, 0.29) is 6.03 Å². The molecule has 0 atom stereocenters. The van der Waals surface area contributed by atoms with E-state index in [0.29, 0.717) is 12.6 Å². The fourth-order valence-corrected chi connectivity index (χ4v) is 0.905. The Morgan fingerprint density at radius 3 is 2.75 bits per heavy atom. The lowest BCUT2D eigenvalue weighted by atomic mass is 10.6. The van der Waals surface area contributed by atoms with Crippen molar-refractivity contribution < 1.29 is 4.79 Å². The van der Waals surface area contributed by atoms with E-state index in [9.17, 15) is 4.79 Å². The summed E-state index contributed by atoms with van der Waals surface area (Å²) in [4.78, 5) is 11.0. The van der Waals surface area contributed by atoms with Gasteiger partial charge in [0.1, 0.15) is 0 Å². The number of likely N-dealkylation sites (N-methyl/N-ethyl adjacent to an activating group) is 1. The minimum Gasteiger partial charge on any atom is -0.337 e. The largest absolute Gasteiger partial charge is 0.337 e. The minimum atomic E-state index is -0.0320. The second kappa shape index (κ2) is 4.98. The molecule has 0 heterocycles. The van der Waals surface area contributed by atoms with E-state index < -0.39 is 0 Å². The summed E-state index contributed by atoms with van der Waals surface area (Å²) in [5.74, 6) is 0. The molecule has 1 aliphatic carbocycles. The molecule has 12 heavy (non-hydrogen) atoms. The predicted octanol–water partition coefficient (Wildman–Crippen LogP) is 0.0575. The fraction of sp³-hybridized carbons (Fsp3) is 0.875. The number of rotatable bonds is 5. The molecule has 0 aromatic rings. The number of carbonyl (C=O) groups is 1. The molecule has 2 amide bonds. The second-order valence-corrected chi connectivity index (χ2v) is 3.03. The van der Waals surface area contributed by atoms with Crippen LogP contribution in [0.1, 0.15) is 19.8 Å². The molecule has 1 aliphatic rings. The Morgan fingerprint density at radius 2 is 2.17 bits per heavy atom. The van der Waals surface area contributed by atoms with Crippen molar-refractivity contribution in [3.8, 4) is 0 Å². The summed E-state index contributed by atoms with van der Waals surface area (Å²) in [7, 11) is 0. The quantitative estimate of drug-likeness (QED) is 0.512. The summed E-state index contributed by atoms with van der Waals surface area (Å²) in [6.07, 6.45) is 2.28. The van der Waals surface area contributed by atoms with Crippen LogP contribution in [-0.4, -0.2) is 31.7 Å². The van der Waals surface area contributed by atoms with E-state index in [1.165, 1.54) is 0 Å². The van der Waals surface area contributed by atoms with Gasteiger partial charge in [0.2, 0.25) is 0 Å². The standard InChI is InChI=1S/C8H17N3O/c1-2-9-5-6-10-8(12)11-7-3-4-7/h7,9H,2-6H2,1H3,(H2,10,11,12). The van der Waals surface area contributed by atoms with Crippen molar-refractivity contribution in [2.24, 2.45) is 0 Å². The normalized spacial score (nSPS) is 15.8. The summed E-state index contributed by atoms with van der Waals surface area (Å²) in [6.45, 7) is 4.54. The van der Waals surface area contributed by atoms with Gasteiger partial charge in [0, 0.05) is 19.1 Å². The monoisotopic (exact) mass is 171 g/mol. The van der Waals surface area contributed by atoms with Crippen LogP contribution < -0.4 is 16.0 Å². The molecule has 0 aromatic carbocycles. The summed E-state index contributed by atoms with van der Waals surface area (Å²) in [5, 5.41) is 8.76. The molecular weight excluding hydrogens is 154 g/mol. The Hall–Kier alpha value is -0.770. The van der Waals surface area contributed by atoms with Crippen LogP contribution in [0, 0.1) is 0 Å². The molecule has 3 N–H and O–H groups in total. The zero-order chi connectivity index (χ0) is 8.81. The Kier molecular flexibility index (Phi) is 3.87. The molecule has 0 aromatic heterocycles.